The van der Waals surface area contributed by atoms with Gasteiger partial charge in [-0.25, -0.2) is 0 Å². The lowest BCUT2D eigenvalue weighted by Crippen LogP contribution is -2.34. The molecule has 1 N–H and O–H groups in total. The van der Waals surface area contributed by atoms with E-state index in [9.17, 15) is 0 Å². The number of ether oxygens (including phenoxy) is 1. The number of aromatic nitrogens is 1. The third-order valence-electron chi connectivity index (χ3n) is 4.06. The van der Waals surface area contributed by atoms with Crippen LogP contribution in [0.2, 0.25) is 0 Å². The van der Waals surface area contributed by atoms with Gasteiger partial charge in [0.25, 0.3) is 0 Å². The first-order chi connectivity index (χ1) is 9.24. The molecule has 0 bridgehead atoms. The van der Waals surface area contributed by atoms with Crippen LogP contribution in [0.15, 0.2) is 18.2 Å². The van der Waals surface area contributed by atoms with Crippen LogP contribution in [-0.4, -0.2) is 30.1 Å². The highest BCUT2D eigenvalue weighted by molar-refractivity contribution is 5.86. The van der Waals surface area contributed by atoms with Gasteiger partial charge in [0.05, 0.1) is 13.7 Å². The number of rotatable bonds is 2. The Hall–Kier alpha value is -1.92. The topological polar surface area (TPSA) is 28.3 Å². The van der Waals surface area contributed by atoms with Crippen molar-refractivity contribution in [2.45, 2.75) is 19.4 Å². The van der Waals surface area contributed by atoms with Crippen molar-refractivity contribution < 1.29 is 4.74 Å². The Balaban J connectivity index is 2.09. The van der Waals surface area contributed by atoms with Crippen molar-refractivity contribution in [1.29, 1.82) is 0 Å². The Labute approximate surface area is 113 Å². The summed E-state index contributed by atoms with van der Waals surface area (Å²) in [6.07, 6.45) is 6.47. The Morgan fingerprint density at radius 3 is 3.11 bits per heavy atom. The number of nitrogens with zero attached hydrogens (tertiary/aromatic N) is 1. The second-order valence-corrected chi connectivity index (χ2v) is 5.03. The molecule has 0 amide bonds. The number of aromatic amines is 1. The van der Waals surface area contributed by atoms with Gasteiger partial charge < -0.3 is 9.72 Å². The summed E-state index contributed by atoms with van der Waals surface area (Å²) in [6.45, 7) is 3.93. The minimum absolute atomic E-state index is 0.346. The minimum atomic E-state index is 0.346. The van der Waals surface area contributed by atoms with Gasteiger partial charge in [-0.05, 0) is 37.1 Å². The molecule has 0 aliphatic carbocycles. The highest BCUT2D eigenvalue weighted by atomic mass is 16.5. The molecule has 3 heteroatoms. The molecule has 0 saturated carbocycles. The van der Waals surface area contributed by atoms with E-state index in [1.807, 2.05) is 6.07 Å². The Morgan fingerprint density at radius 1 is 1.53 bits per heavy atom. The lowest BCUT2D eigenvalue weighted by atomic mass is 9.98. The maximum absolute atomic E-state index is 5.44. The van der Waals surface area contributed by atoms with Gasteiger partial charge in [-0.15, -0.1) is 6.42 Å². The number of nitrogens with one attached hydrogen (secondary N) is 1. The molecule has 19 heavy (non-hydrogen) atoms. The first kappa shape index (κ1) is 12.1. The van der Waals surface area contributed by atoms with Gasteiger partial charge in [-0.2, -0.15) is 0 Å². The maximum Gasteiger partial charge on any atom is 0.119 e. The van der Waals surface area contributed by atoms with E-state index in [4.69, 9.17) is 11.2 Å². The summed E-state index contributed by atoms with van der Waals surface area (Å²) in [7, 11) is 1.71. The molecule has 2 aromatic rings. The van der Waals surface area contributed by atoms with Crippen molar-refractivity contribution in [1.82, 2.24) is 9.88 Å². The third kappa shape index (κ3) is 1.89. The average Bonchev–Trinajstić information content (AvgIpc) is 2.80. The predicted molar refractivity (Wildman–Crippen MR) is 77.4 cm³/mol. The summed E-state index contributed by atoms with van der Waals surface area (Å²) in [5.74, 6) is 3.65. The fourth-order valence-electron chi connectivity index (χ4n) is 2.97. The molecule has 0 spiro atoms. The van der Waals surface area contributed by atoms with Crippen LogP contribution in [0.3, 0.4) is 0 Å². The molecule has 3 nitrogen and oxygen atoms in total. The number of hydrogen-bond acceptors (Lipinski definition) is 2. The first-order valence-electron chi connectivity index (χ1n) is 6.60. The second kappa shape index (κ2) is 4.64. The highest BCUT2D eigenvalue weighted by Crippen LogP contribution is 2.35. The van der Waals surface area contributed by atoms with Crippen molar-refractivity contribution in [3.8, 4) is 18.1 Å². The highest BCUT2D eigenvalue weighted by Gasteiger charge is 2.26. The Morgan fingerprint density at radius 2 is 2.37 bits per heavy atom. The van der Waals surface area contributed by atoms with Crippen molar-refractivity contribution in [2.24, 2.45) is 0 Å². The third-order valence-corrected chi connectivity index (χ3v) is 4.06. The number of hydrogen-bond donors (Lipinski definition) is 1. The molecule has 1 aliphatic heterocycles. The van der Waals surface area contributed by atoms with E-state index in [2.05, 4.69) is 34.9 Å². The molecule has 1 aromatic carbocycles. The summed E-state index contributed by atoms with van der Waals surface area (Å²) >= 11 is 0. The molecule has 0 saturated heterocycles. The van der Waals surface area contributed by atoms with Gasteiger partial charge in [-0.3, -0.25) is 4.90 Å². The van der Waals surface area contributed by atoms with Crippen LogP contribution in [0.5, 0.6) is 5.75 Å². The minimum Gasteiger partial charge on any atom is -0.497 e. The quantitative estimate of drug-likeness (QED) is 0.835. The van der Waals surface area contributed by atoms with E-state index in [0.29, 0.717) is 12.6 Å². The molecule has 1 aliphatic rings. The molecule has 1 atom stereocenters. The zero-order chi connectivity index (χ0) is 13.4. The smallest absolute Gasteiger partial charge is 0.119 e. The van der Waals surface area contributed by atoms with E-state index in [1.165, 1.54) is 22.2 Å². The van der Waals surface area contributed by atoms with Crippen LogP contribution in [0.25, 0.3) is 10.9 Å². The molecule has 2 heterocycles. The fraction of sp³-hybridized carbons (Fsp3) is 0.375. The van der Waals surface area contributed by atoms with Crippen molar-refractivity contribution in [2.75, 3.05) is 20.2 Å². The molecular weight excluding hydrogens is 236 g/mol. The standard InChI is InChI=1S/C16H18N2O/c1-4-8-18-9-7-13-14-10-12(19-3)5-6-15(14)17-16(13)11(18)2/h1,5-6,10-11,17H,7-9H2,2-3H3. The fourth-order valence-corrected chi connectivity index (χ4v) is 2.97. The number of H-pyrrole nitrogens is 1. The zero-order valence-electron chi connectivity index (χ0n) is 11.4. The van der Waals surface area contributed by atoms with Crippen molar-refractivity contribution in [3.63, 3.8) is 0 Å². The van der Waals surface area contributed by atoms with Gasteiger partial charge in [0.1, 0.15) is 5.75 Å². The van der Waals surface area contributed by atoms with E-state index in [0.717, 1.165) is 18.7 Å². The number of benzene rings is 1. The van der Waals surface area contributed by atoms with E-state index in [-0.39, 0.29) is 0 Å². The zero-order valence-corrected chi connectivity index (χ0v) is 11.4. The monoisotopic (exact) mass is 254 g/mol. The SMILES string of the molecule is C#CCN1CCc2c([nH]c3ccc(OC)cc23)C1C. The van der Waals surface area contributed by atoms with Gasteiger partial charge in [0.15, 0.2) is 0 Å². The van der Waals surface area contributed by atoms with Crippen LogP contribution in [-0.2, 0) is 6.42 Å². The van der Waals surface area contributed by atoms with Crippen LogP contribution >= 0.6 is 0 Å². The maximum atomic E-state index is 5.44. The van der Waals surface area contributed by atoms with Crippen LogP contribution < -0.4 is 4.74 Å². The summed E-state index contributed by atoms with van der Waals surface area (Å²) in [5.41, 5.74) is 3.89. The number of terminal acetylenes is 1. The summed E-state index contributed by atoms with van der Waals surface area (Å²) in [6, 6.07) is 6.55. The second-order valence-electron chi connectivity index (χ2n) is 5.03. The van der Waals surface area contributed by atoms with Crippen LogP contribution in [0, 0.1) is 12.3 Å². The van der Waals surface area contributed by atoms with Gasteiger partial charge in [-0.1, -0.05) is 5.92 Å². The normalized spacial score (nSPS) is 19.1. The van der Waals surface area contributed by atoms with Gasteiger partial charge in [0.2, 0.25) is 0 Å². The van der Waals surface area contributed by atoms with Gasteiger partial charge in [0, 0.05) is 29.2 Å². The Kier molecular flexibility index (Phi) is 2.96. The summed E-state index contributed by atoms with van der Waals surface area (Å²) in [4.78, 5) is 5.87. The average molecular weight is 254 g/mol. The first-order valence-corrected chi connectivity index (χ1v) is 6.60. The van der Waals surface area contributed by atoms with Crippen molar-refractivity contribution in [3.05, 3.63) is 29.5 Å². The lowest BCUT2D eigenvalue weighted by molar-refractivity contribution is 0.222. The molecule has 0 radical (unpaired) electrons. The van der Waals surface area contributed by atoms with Crippen LogP contribution in [0.4, 0.5) is 0 Å². The van der Waals surface area contributed by atoms with Crippen LogP contribution in [0.1, 0.15) is 24.2 Å². The van der Waals surface area contributed by atoms with E-state index >= 15 is 0 Å². The molecule has 0 fully saturated rings. The van der Waals surface area contributed by atoms with E-state index < -0.39 is 0 Å². The molecule has 3 rings (SSSR count). The predicted octanol–water partition coefficient (Wildman–Crippen LogP) is 2.73. The number of fused-ring (bicyclic) bond motifs is 3. The summed E-state index contributed by atoms with van der Waals surface area (Å²) in [5, 5.41) is 1.28. The van der Waals surface area contributed by atoms with Crippen molar-refractivity contribution >= 4 is 10.9 Å². The van der Waals surface area contributed by atoms with E-state index in [1.54, 1.807) is 7.11 Å². The summed E-state index contributed by atoms with van der Waals surface area (Å²) < 4.78 is 5.32. The molecule has 98 valence electrons. The molecule has 1 unspecified atom stereocenters. The largest absolute Gasteiger partial charge is 0.497 e. The lowest BCUT2D eigenvalue weighted by Gasteiger charge is -2.31. The molecular formula is C16H18N2O. The molecule has 1 aromatic heterocycles. The Bertz CT molecular complexity index is 651. The number of methoxy groups -OCH3 is 1. The van der Waals surface area contributed by atoms with Gasteiger partial charge >= 0.3 is 0 Å².